The molecule has 2 aromatic carbocycles. The number of amides is 1. The predicted octanol–water partition coefficient (Wildman–Crippen LogP) is 6.21. The molecule has 5 heterocycles. The van der Waals surface area contributed by atoms with E-state index in [-0.39, 0.29) is 76.1 Å². The molecule has 0 bridgehead atoms. The molecule has 1 amide bonds. The minimum absolute atomic E-state index is 0.00464. The van der Waals surface area contributed by atoms with Crippen molar-refractivity contribution in [3.05, 3.63) is 48.1 Å². The zero-order valence-electron chi connectivity index (χ0n) is 26.7. The van der Waals surface area contributed by atoms with Gasteiger partial charge in [-0.05, 0) is 49.6 Å². The van der Waals surface area contributed by atoms with Crippen molar-refractivity contribution >= 4 is 49.3 Å². The molecule has 16 heteroatoms. The minimum atomic E-state index is -5.07. The number of nitrogens with two attached hydrogens (primary N) is 1. The van der Waals surface area contributed by atoms with Crippen LogP contribution in [0.25, 0.3) is 32.2 Å². The normalized spacial score (nSPS) is 24.2. The Morgan fingerprint density at radius 2 is 1.98 bits per heavy atom. The average Bonchev–Trinajstić information content (AvgIpc) is 3.81. The van der Waals surface area contributed by atoms with Gasteiger partial charge < -0.3 is 20.3 Å². The molecule has 0 radical (unpaired) electrons. The van der Waals surface area contributed by atoms with Crippen LogP contribution in [0.3, 0.4) is 0 Å². The zero-order valence-corrected chi connectivity index (χ0v) is 27.5. The standard InChI is InChI=1S/C33H33F6N7O2S/c1-4-23(47)45-12-16(2)22(14-45)44(3)29-19-10-20(33(37,38)39)24(18-6-7-21(35)28-27(18)41-30(40)49-28)25(36)26(19)42-31(43-29)48-15-32-8-5-9-46(32)13-17(34)11-32/h4,6-7,10,16-17,22H,1,5,8-9,11-15H2,2-3H3,(H2,40,41)/t16-,17-,22+,32+/m1/s1. The molecule has 3 aliphatic rings. The van der Waals surface area contributed by atoms with Crippen LogP contribution in [-0.4, -0.2) is 88.2 Å². The molecule has 4 atom stereocenters. The molecule has 3 saturated heterocycles. The number of likely N-dealkylation sites (tertiary alicyclic amines) is 1. The third kappa shape index (κ3) is 5.62. The van der Waals surface area contributed by atoms with Crippen LogP contribution < -0.4 is 15.4 Å². The van der Waals surface area contributed by atoms with Crippen LogP contribution >= 0.6 is 11.3 Å². The predicted molar refractivity (Wildman–Crippen MR) is 174 cm³/mol. The number of fused-ring (bicyclic) bond motifs is 3. The van der Waals surface area contributed by atoms with Gasteiger partial charge in [0.2, 0.25) is 5.91 Å². The average molecular weight is 706 g/mol. The van der Waals surface area contributed by atoms with E-state index in [1.54, 1.807) is 16.8 Å². The van der Waals surface area contributed by atoms with Gasteiger partial charge in [-0.3, -0.25) is 9.69 Å². The van der Waals surface area contributed by atoms with Crippen LogP contribution in [-0.2, 0) is 11.0 Å². The Bertz CT molecular complexity index is 1990. The fourth-order valence-electron chi connectivity index (χ4n) is 7.77. The number of ether oxygens (including phenoxy) is 1. The van der Waals surface area contributed by atoms with Gasteiger partial charge in [-0.25, -0.2) is 18.2 Å². The smallest absolute Gasteiger partial charge is 0.417 e. The van der Waals surface area contributed by atoms with E-state index in [1.807, 2.05) is 11.8 Å². The summed E-state index contributed by atoms with van der Waals surface area (Å²) >= 11 is 0.734. The molecule has 260 valence electrons. The van der Waals surface area contributed by atoms with Gasteiger partial charge in [0.05, 0.1) is 27.4 Å². The van der Waals surface area contributed by atoms with Crippen molar-refractivity contribution in [3.8, 4) is 17.1 Å². The molecule has 0 saturated carbocycles. The van der Waals surface area contributed by atoms with Gasteiger partial charge >= 0.3 is 12.2 Å². The van der Waals surface area contributed by atoms with Crippen molar-refractivity contribution in [2.24, 2.45) is 5.92 Å². The maximum Gasteiger partial charge on any atom is 0.417 e. The molecule has 7 rings (SSSR count). The van der Waals surface area contributed by atoms with Gasteiger partial charge in [-0.15, -0.1) is 0 Å². The summed E-state index contributed by atoms with van der Waals surface area (Å²) in [6, 6.07) is 2.04. The summed E-state index contributed by atoms with van der Waals surface area (Å²) in [5, 5.41) is -0.346. The van der Waals surface area contributed by atoms with Crippen molar-refractivity contribution in [1.29, 1.82) is 0 Å². The van der Waals surface area contributed by atoms with E-state index in [9.17, 15) is 26.7 Å². The number of alkyl halides is 4. The van der Waals surface area contributed by atoms with Gasteiger partial charge in [0.1, 0.15) is 29.9 Å². The van der Waals surface area contributed by atoms with Crippen molar-refractivity contribution in [2.75, 3.05) is 50.5 Å². The summed E-state index contributed by atoms with van der Waals surface area (Å²) in [6.45, 7) is 6.96. The quantitative estimate of drug-likeness (QED) is 0.179. The number of likely N-dealkylation sites (N-methyl/N-ethyl adjacent to an activating group) is 1. The Morgan fingerprint density at radius 1 is 1.20 bits per heavy atom. The van der Waals surface area contributed by atoms with Gasteiger partial charge in [-0.2, -0.15) is 23.1 Å². The summed E-state index contributed by atoms with van der Waals surface area (Å²) in [5.74, 6) is -2.59. The number of halogens is 6. The van der Waals surface area contributed by atoms with Crippen molar-refractivity contribution in [2.45, 2.75) is 50.1 Å². The first kappa shape index (κ1) is 33.3. The van der Waals surface area contributed by atoms with E-state index in [4.69, 9.17) is 10.5 Å². The number of benzene rings is 2. The van der Waals surface area contributed by atoms with E-state index in [1.165, 1.54) is 6.08 Å². The van der Waals surface area contributed by atoms with Crippen LogP contribution in [0.15, 0.2) is 30.9 Å². The molecule has 3 aliphatic heterocycles. The lowest BCUT2D eigenvalue weighted by Gasteiger charge is -2.32. The fraction of sp³-hybridized carbons (Fsp3) is 0.455. The SMILES string of the molecule is C=CC(=O)N1C[C@@H](C)[C@@H](N(C)c2nc(OC[C@@]34CCCN3C[C@H](F)C4)nc3c(F)c(-c4ccc(F)c5sc(N)nc45)c(C(F)(F)F)cc23)C1. The first-order chi connectivity index (χ1) is 23.2. The number of aromatic nitrogens is 3. The van der Waals surface area contributed by atoms with E-state index < -0.39 is 52.2 Å². The fourth-order valence-corrected chi connectivity index (χ4v) is 8.54. The number of hydrogen-bond acceptors (Lipinski definition) is 9. The van der Waals surface area contributed by atoms with E-state index in [0.29, 0.717) is 19.5 Å². The molecule has 0 spiro atoms. The monoisotopic (exact) mass is 705 g/mol. The largest absolute Gasteiger partial charge is 0.461 e. The Kier molecular flexibility index (Phi) is 8.16. The molecule has 2 aromatic heterocycles. The topological polar surface area (TPSA) is 101 Å². The second-order valence-electron chi connectivity index (χ2n) is 13.1. The zero-order chi connectivity index (χ0) is 35.0. The molecule has 9 nitrogen and oxygen atoms in total. The Morgan fingerprint density at radius 3 is 2.71 bits per heavy atom. The van der Waals surface area contributed by atoms with E-state index in [2.05, 4.69) is 21.5 Å². The highest BCUT2D eigenvalue weighted by molar-refractivity contribution is 7.22. The second kappa shape index (κ2) is 12.0. The number of carbonyl (C=O) groups is 1. The first-order valence-corrected chi connectivity index (χ1v) is 16.6. The van der Waals surface area contributed by atoms with Crippen molar-refractivity contribution < 1.29 is 35.9 Å². The summed E-state index contributed by atoms with van der Waals surface area (Å²) in [6.07, 6.45) is -3.17. The number of anilines is 2. The molecule has 2 N–H and O–H groups in total. The lowest BCUT2D eigenvalue weighted by molar-refractivity contribution is -0.137. The number of nitrogen functional groups attached to an aromatic ring is 1. The number of thiazole rings is 1. The Hall–Kier alpha value is -4.18. The molecule has 3 fully saturated rings. The number of rotatable bonds is 7. The highest BCUT2D eigenvalue weighted by Gasteiger charge is 2.49. The maximum atomic E-state index is 16.9. The van der Waals surface area contributed by atoms with Crippen LogP contribution in [0.2, 0.25) is 0 Å². The summed E-state index contributed by atoms with van der Waals surface area (Å²) < 4.78 is 96.7. The van der Waals surface area contributed by atoms with Gasteiger partial charge in [0.15, 0.2) is 10.9 Å². The van der Waals surface area contributed by atoms with Crippen molar-refractivity contribution in [3.63, 3.8) is 0 Å². The first-order valence-electron chi connectivity index (χ1n) is 15.8. The van der Waals surface area contributed by atoms with Gasteiger partial charge in [0, 0.05) is 49.6 Å². The maximum absolute atomic E-state index is 16.9. The van der Waals surface area contributed by atoms with E-state index in [0.717, 1.165) is 36.0 Å². The molecule has 0 unspecified atom stereocenters. The van der Waals surface area contributed by atoms with Gasteiger partial charge in [0.25, 0.3) is 0 Å². The van der Waals surface area contributed by atoms with Crippen LogP contribution in [0.5, 0.6) is 6.01 Å². The Balaban J connectivity index is 1.42. The lowest BCUT2D eigenvalue weighted by atomic mass is 9.94. The Labute approximate surface area is 281 Å². The lowest BCUT2D eigenvalue weighted by Crippen LogP contribution is -2.43. The molecule has 4 aromatic rings. The summed E-state index contributed by atoms with van der Waals surface area (Å²) in [7, 11) is 1.61. The summed E-state index contributed by atoms with van der Waals surface area (Å²) in [5.41, 5.74) is 1.98. The third-order valence-corrected chi connectivity index (χ3v) is 11.0. The van der Waals surface area contributed by atoms with Crippen LogP contribution in [0, 0.1) is 17.6 Å². The van der Waals surface area contributed by atoms with Crippen LogP contribution in [0.1, 0.15) is 31.7 Å². The van der Waals surface area contributed by atoms with Crippen molar-refractivity contribution in [1.82, 2.24) is 24.8 Å². The number of hydrogen-bond donors (Lipinski definition) is 1. The molecule has 0 aliphatic carbocycles. The highest BCUT2D eigenvalue weighted by Crippen LogP contribution is 2.47. The minimum Gasteiger partial charge on any atom is -0.461 e. The molecular weight excluding hydrogens is 672 g/mol. The third-order valence-electron chi connectivity index (χ3n) is 10.1. The molecular formula is C33H33F6N7O2S. The molecule has 49 heavy (non-hydrogen) atoms. The van der Waals surface area contributed by atoms with Gasteiger partial charge in [-0.1, -0.05) is 24.8 Å². The van der Waals surface area contributed by atoms with E-state index >= 15 is 4.39 Å². The second-order valence-corrected chi connectivity index (χ2v) is 14.2. The summed E-state index contributed by atoms with van der Waals surface area (Å²) in [4.78, 5) is 30.5. The number of carbonyl (C=O) groups excluding carboxylic acids is 1. The highest BCUT2D eigenvalue weighted by atomic mass is 32.1. The number of nitrogens with zero attached hydrogens (tertiary/aromatic N) is 6. The van der Waals surface area contributed by atoms with Crippen LogP contribution in [0.4, 0.5) is 37.3 Å².